The van der Waals surface area contributed by atoms with Gasteiger partial charge in [0.2, 0.25) is 62.9 Å². The number of carbonyl (C=O) groups excluding carboxylic acids is 12. The Kier molecular flexibility index (Phi) is 25.2. The van der Waals surface area contributed by atoms with E-state index in [-0.39, 0.29) is 61.2 Å². The molecule has 0 saturated heterocycles. The van der Waals surface area contributed by atoms with Crippen molar-refractivity contribution in [1.29, 1.82) is 0 Å². The van der Waals surface area contributed by atoms with Crippen molar-refractivity contribution in [2.24, 2.45) is 11.8 Å². The van der Waals surface area contributed by atoms with Crippen molar-refractivity contribution in [2.45, 2.75) is 82.1 Å². The minimum absolute atomic E-state index is 0.0495. The molecular formula is C47H61IN10O14. The minimum Gasteiger partial charge on any atom is -0.350 e. The van der Waals surface area contributed by atoms with Gasteiger partial charge in [-0.25, -0.2) is 0 Å². The van der Waals surface area contributed by atoms with Gasteiger partial charge < -0.3 is 67.4 Å². The largest absolute Gasteiger partial charge is 0.350 e. The van der Waals surface area contributed by atoms with E-state index in [1.807, 2.05) is 0 Å². The molecule has 0 aromatic heterocycles. The smallest absolute Gasteiger partial charge is 0.243 e. The number of rotatable bonds is 34. The van der Waals surface area contributed by atoms with Gasteiger partial charge in [-0.2, -0.15) is 0 Å². The predicted molar refractivity (Wildman–Crippen MR) is 262 cm³/mol. The maximum Gasteiger partial charge on any atom is 0.243 e. The van der Waals surface area contributed by atoms with Crippen LogP contribution >= 0.6 is 22.6 Å². The van der Waals surface area contributed by atoms with E-state index in [0.29, 0.717) is 17.4 Å². The second-order valence-corrected chi connectivity index (χ2v) is 17.9. The number of carbonyl (C=O) groups is 12. The molecule has 2 aromatic carbocycles. The standard InChI is InChI=1S/C47H61IN10O14/c48-45(68)44(32-16-17-32)72-28-56-41(65)23-54-47(70)34(19-30-10-5-2-6-11-30)58-43(67)25-52-39(63)21-50-37(61)13-7-12-36(60)49-20-38(62)51-24-42(66)57-33(18-29-8-3-1-4-9-29)46(69)53-22-40(64)55-27-71-35(26-59)31-14-15-31/h1-6,8-11,26,31-35,44H,7,12-25,27-28H2,(H,49,60)(H,50,61)(H,51,62)(H,52,63)(H,53,69)(H,54,70)(H,55,64)(H,56,65)(H,57,66)(H,58,67). The first-order chi connectivity index (χ1) is 34.6. The molecule has 72 heavy (non-hydrogen) atoms. The van der Waals surface area contributed by atoms with E-state index in [1.54, 1.807) is 83.3 Å². The molecule has 0 radical (unpaired) electrons. The fourth-order valence-electron chi connectivity index (χ4n) is 6.67. The highest BCUT2D eigenvalue weighted by atomic mass is 127. The van der Waals surface area contributed by atoms with Gasteiger partial charge in [0, 0.05) is 48.3 Å². The summed E-state index contributed by atoms with van der Waals surface area (Å²) in [5.41, 5.74) is 1.41. The zero-order chi connectivity index (χ0) is 52.3. The van der Waals surface area contributed by atoms with E-state index in [1.165, 1.54) is 0 Å². The SMILES string of the molecule is O=CC(OCNC(=O)CNC(=O)C(Cc1ccccc1)NC(=O)CNC(=O)CNC(=O)CCCC(=O)NCC(=O)NCC(=O)NC(Cc1ccccc1)C(=O)NCC(=O)NCOC(C(=O)I)C1CC1)C1CC1. The zero-order valence-corrected chi connectivity index (χ0v) is 41.6. The Bertz CT molecular complexity index is 2210. The number of nitrogens with one attached hydrogen (secondary N) is 10. The van der Waals surface area contributed by atoms with E-state index in [0.717, 1.165) is 25.7 Å². The molecule has 390 valence electrons. The van der Waals surface area contributed by atoms with Crippen LogP contribution in [0.2, 0.25) is 0 Å². The molecule has 0 heterocycles. The van der Waals surface area contributed by atoms with E-state index in [9.17, 15) is 57.5 Å². The van der Waals surface area contributed by atoms with Gasteiger partial charge in [-0.3, -0.25) is 52.7 Å². The van der Waals surface area contributed by atoms with Crippen molar-refractivity contribution in [1.82, 2.24) is 53.2 Å². The van der Waals surface area contributed by atoms with Gasteiger partial charge in [-0.05, 0) is 55.1 Å². The maximum absolute atomic E-state index is 13.1. The summed E-state index contributed by atoms with van der Waals surface area (Å²) in [5.74, 6) is -6.28. The Labute approximate surface area is 428 Å². The second-order valence-electron chi connectivity index (χ2n) is 16.8. The first-order valence-corrected chi connectivity index (χ1v) is 24.4. The summed E-state index contributed by atoms with van der Waals surface area (Å²) >= 11 is 1.65. The number of aldehydes is 1. The number of halogens is 1. The average molecular weight is 1120 g/mol. The monoisotopic (exact) mass is 1120 g/mol. The van der Waals surface area contributed by atoms with Crippen LogP contribution in [0.5, 0.6) is 0 Å². The molecule has 2 aromatic rings. The van der Waals surface area contributed by atoms with Crippen LogP contribution in [0.15, 0.2) is 60.7 Å². The molecule has 4 atom stereocenters. The Hall–Kier alpha value is -6.87. The molecular weight excluding hydrogens is 1060 g/mol. The van der Waals surface area contributed by atoms with Gasteiger partial charge in [0.05, 0.1) is 39.3 Å². The van der Waals surface area contributed by atoms with Crippen molar-refractivity contribution in [2.75, 3.05) is 52.7 Å². The summed E-state index contributed by atoms with van der Waals surface area (Å²) in [6.45, 7) is -3.39. The van der Waals surface area contributed by atoms with Crippen LogP contribution in [0.4, 0.5) is 0 Å². The lowest BCUT2D eigenvalue weighted by molar-refractivity contribution is -0.132. The summed E-state index contributed by atoms with van der Waals surface area (Å²) in [4.78, 5) is 149. The summed E-state index contributed by atoms with van der Waals surface area (Å²) < 4.78 is 10.7. The Morgan fingerprint density at radius 1 is 0.486 bits per heavy atom. The third-order valence-electron chi connectivity index (χ3n) is 10.9. The molecule has 0 bridgehead atoms. The minimum atomic E-state index is -1.13. The highest BCUT2D eigenvalue weighted by Crippen LogP contribution is 2.35. The van der Waals surface area contributed by atoms with Crippen molar-refractivity contribution >= 4 is 91.7 Å². The van der Waals surface area contributed by atoms with E-state index < -0.39 is 123 Å². The molecule has 25 heteroatoms. The molecule has 4 rings (SSSR count). The molecule has 4 unspecified atom stereocenters. The fraction of sp³-hybridized carbons (Fsp3) is 0.489. The van der Waals surface area contributed by atoms with Crippen LogP contribution < -0.4 is 53.2 Å². The van der Waals surface area contributed by atoms with Gasteiger partial charge in [-0.15, -0.1) is 0 Å². The molecule has 10 amide bonds. The van der Waals surface area contributed by atoms with Gasteiger partial charge in [0.25, 0.3) is 0 Å². The lowest BCUT2D eigenvalue weighted by Gasteiger charge is -2.19. The average Bonchev–Trinajstić information content (AvgIpc) is 4.32. The van der Waals surface area contributed by atoms with Crippen LogP contribution in [-0.4, -0.2) is 146 Å². The van der Waals surface area contributed by atoms with Gasteiger partial charge in [0.15, 0.2) is 0 Å². The summed E-state index contributed by atoms with van der Waals surface area (Å²) in [5, 5.41) is 24.4. The Balaban J connectivity index is 1.07. The number of hydrogen-bond acceptors (Lipinski definition) is 14. The van der Waals surface area contributed by atoms with E-state index in [4.69, 9.17) is 9.47 Å². The van der Waals surface area contributed by atoms with Gasteiger partial charge in [0.1, 0.15) is 44.0 Å². The molecule has 24 nitrogen and oxygen atoms in total. The number of hydrogen-bond donors (Lipinski definition) is 10. The topological polar surface area (TPSA) is 344 Å². The zero-order valence-electron chi connectivity index (χ0n) is 39.4. The molecule has 2 aliphatic carbocycles. The lowest BCUT2D eigenvalue weighted by Crippen LogP contribution is -2.52. The van der Waals surface area contributed by atoms with Gasteiger partial charge in [-0.1, -0.05) is 60.7 Å². The van der Waals surface area contributed by atoms with Crippen molar-refractivity contribution in [3.8, 4) is 0 Å². The maximum atomic E-state index is 13.1. The third-order valence-corrected chi connectivity index (χ3v) is 11.5. The normalized spacial score (nSPS) is 14.3. The Morgan fingerprint density at radius 3 is 1.26 bits per heavy atom. The van der Waals surface area contributed by atoms with E-state index in [2.05, 4.69) is 53.2 Å². The van der Waals surface area contributed by atoms with E-state index >= 15 is 0 Å². The van der Waals surface area contributed by atoms with Crippen molar-refractivity contribution in [3.63, 3.8) is 0 Å². The quantitative estimate of drug-likeness (QED) is 0.0147. The third kappa shape index (κ3) is 23.8. The number of benzene rings is 2. The molecule has 2 aliphatic rings. The van der Waals surface area contributed by atoms with Crippen LogP contribution in [0.3, 0.4) is 0 Å². The first-order valence-electron chi connectivity index (χ1n) is 23.3. The number of amides is 10. The van der Waals surface area contributed by atoms with Crippen LogP contribution in [-0.2, 0) is 79.8 Å². The summed E-state index contributed by atoms with van der Waals surface area (Å²) in [7, 11) is 0. The Morgan fingerprint density at radius 2 is 0.861 bits per heavy atom. The summed E-state index contributed by atoms with van der Waals surface area (Å²) in [6, 6.07) is 15.3. The van der Waals surface area contributed by atoms with Crippen LogP contribution in [0.1, 0.15) is 56.1 Å². The highest BCUT2D eigenvalue weighted by Gasteiger charge is 2.36. The van der Waals surface area contributed by atoms with Crippen molar-refractivity contribution in [3.05, 3.63) is 71.8 Å². The van der Waals surface area contributed by atoms with Gasteiger partial charge >= 0.3 is 0 Å². The predicted octanol–water partition coefficient (Wildman–Crippen LogP) is -2.79. The molecule has 2 fully saturated rings. The molecule has 10 N–H and O–H groups in total. The fourth-order valence-corrected chi connectivity index (χ4v) is 7.36. The van der Waals surface area contributed by atoms with Crippen LogP contribution in [0, 0.1) is 11.8 Å². The second kappa shape index (κ2) is 31.5. The molecule has 0 aliphatic heterocycles. The first kappa shape index (κ1) is 57.7. The molecule has 0 spiro atoms. The highest BCUT2D eigenvalue weighted by molar-refractivity contribution is 14.1. The summed E-state index contributed by atoms with van der Waals surface area (Å²) in [6.07, 6.45) is 2.81. The number of ether oxygens (including phenoxy) is 2. The van der Waals surface area contributed by atoms with Crippen molar-refractivity contribution < 1.29 is 67.0 Å². The van der Waals surface area contributed by atoms with Crippen LogP contribution in [0.25, 0.3) is 0 Å². The molecule has 2 saturated carbocycles. The lowest BCUT2D eigenvalue weighted by atomic mass is 10.1.